The van der Waals surface area contributed by atoms with Crippen LogP contribution in [0.1, 0.15) is 23.6 Å². The Bertz CT molecular complexity index is 416. The van der Waals surface area contributed by atoms with E-state index < -0.39 is 0 Å². The molecular formula is C13H21N3OS. The summed E-state index contributed by atoms with van der Waals surface area (Å²) in [5.41, 5.74) is 6.02. The summed E-state index contributed by atoms with van der Waals surface area (Å²) in [5, 5.41) is 0. The van der Waals surface area contributed by atoms with Crippen molar-refractivity contribution >= 4 is 17.3 Å². The van der Waals surface area contributed by atoms with Crippen LogP contribution in [-0.4, -0.2) is 36.7 Å². The van der Waals surface area contributed by atoms with E-state index in [4.69, 9.17) is 10.5 Å². The minimum absolute atomic E-state index is 0.237. The van der Waals surface area contributed by atoms with Gasteiger partial charge in [-0.1, -0.05) is 6.92 Å². The molecule has 0 radical (unpaired) electrons. The Morgan fingerprint density at radius 2 is 2.33 bits per heavy atom. The maximum Gasteiger partial charge on any atom is 0.191 e. The van der Waals surface area contributed by atoms with E-state index in [0.29, 0.717) is 12.5 Å². The van der Waals surface area contributed by atoms with Crippen molar-refractivity contribution in [1.82, 2.24) is 4.90 Å². The number of guanidine groups is 1. The number of nitrogens with two attached hydrogens (primary N) is 1. The van der Waals surface area contributed by atoms with Gasteiger partial charge in [-0.25, -0.2) is 4.99 Å². The van der Waals surface area contributed by atoms with Crippen LogP contribution >= 0.6 is 11.3 Å². The minimum atomic E-state index is 0.237. The van der Waals surface area contributed by atoms with Gasteiger partial charge in [0.25, 0.3) is 0 Å². The predicted octanol–water partition coefficient (Wildman–Crippen LogP) is 1.85. The summed E-state index contributed by atoms with van der Waals surface area (Å²) in [5.74, 6) is 0.636. The van der Waals surface area contributed by atoms with Crippen LogP contribution in [0, 0.1) is 0 Å². The van der Waals surface area contributed by atoms with E-state index in [1.807, 2.05) is 11.3 Å². The SMILES string of the molecule is CCc1ccc(CN=C(N)N2CCOC(C)C2)s1. The zero-order chi connectivity index (χ0) is 13.0. The monoisotopic (exact) mass is 267 g/mol. The molecule has 5 heteroatoms. The molecule has 1 aliphatic rings. The minimum Gasteiger partial charge on any atom is -0.375 e. The molecule has 0 aliphatic carbocycles. The lowest BCUT2D eigenvalue weighted by Gasteiger charge is -2.31. The van der Waals surface area contributed by atoms with Crippen LogP contribution in [0.5, 0.6) is 0 Å². The van der Waals surface area contributed by atoms with E-state index in [1.165, 1.54) is 9.75 Å². The van der Waals surface area contributed by atoms with E-state index in [2.05, 4.69) is 35.9 Å². The molecular weight excluding hydrogens is 246 g/mol. The number of rotatable bonds is 3. The van der Waals surface area contributed by atoms with Gasteiger partial charge in [0, 0.05) is 22.8 Å². The Kier molecular flexibility index (Phi) is 4.60. The van der Waals surface area contributed by atoms with Crippen molar-refractivity contribution in [3.8, 4) is 0 Å². The van der Waals surface area contributed by atoms with E-state index in [0.717, 1.165) is 26.1 Å². The number of hydrogen-bond donors (Lipinski definition) is 1. The van der Waals surface area contributed by atoms with Gasteiger partial charge in [0.05, 0.1) is 19.3 Å². The number of aryl methyl sites for hydroxylation is 1. The van der Waals surface area contributed by atoms with Gasteiger partial charge in [-0.3, -0.25) is 0 Å². The second-order valence-electron chi connectivity index (χ2n) is 4.52. The van der Waals surface area contributed by atoms with E-state index in [-0.39, 0.29) is 6.10 Å². The third-order valence-corrected chi connectivity index (χ3v) is 4.24. The first kappa shape index (κ1) is 13.4. The van der Waals surface area contributed by atoms with E-state index in [1.54, 1.807) is 0 Å². The lowest BCUT2D eigenvalue weighted by molar-refractivity contribution is 0.00529. The highest BCUT2D eigenvalue weighted by atomic mass is 32.1. The third-order valence-electron chi connectivity index (χ3n) is 3.03. The van der Waals surface area contributed by atoms with Crippen molar-refractivity contribution < 1.29 is 4.74 Å². The highest BCUT2D eigenvalue weighted by Gasteiger charge is 2.17. The van der Waals surface area contributed by atoms with Crippen LogP contribution < -0.4 is 5.73 Å². The Morgan fingerprint density at radius 3 is 3.00 bits per heavy atom. The first-order chi connectivity index (χ1) is 8.69. The molecule has 0 spiro atoms. The molecule has 0 bridgehead atoms. The Hall–Kier alpha value is -1.07. The molecule has 0 amide bonds. The Morgan fingerprint density at radius 1 is 1.56 bits per heavy atom. The van der Waals surface area contributed by atoms with Gasteiger partial charge < -0.3 is 15.4 Å². The van der Waals surface area contributed by atoms with Crippen molar-refractivity contribution in [1.29, 1.82) is 0 Å². The fourth-order valence-corrected chi connectivity index (χ4v) is 2.87. The van der Waals surface area contributed by atoms with Crippen molar-refractivity contribution in [2.45, 2.75) is 32.9 Å². The van der Waals surface area contributed by atoms with Gasteiger partial charge in [-0.2, -0.15) is 0 Å². The second kappa shape index (κ2) is 6.20. The lowest BCUT2D eigenvalue weighted by atomic mass is 10.3. The zero-order valence-corrected chi connectivity index (χ0v) is 11.9. The average Bonchev–Trinajstić information content (AvgIpc) is 2.84. The van der Waals surface area contributed by atoms with Crippen LogP contribution in [0.15, 0.2) is 17.1 Å². The van der Waals surface area contributed by atoms with E-state index in [9.17, 15) is 0 Å². The molecule has 0 aromatic carbocycles. The maximum atomic E-state index is 6.02. The smallest absolute Gasteiger partial charge is 0.191 e. The summed E-state index contributed by atoms with van der Waals surface area (Å²) in [6.07, 6.45) is 1.33. The molecule has 1 fully saturated rings. The Labute approximate surface area is 112 Å². The van der Waals surface area contributed by atoms with Crippen LogP contribution in [0.2, 0.25) is 0 Å². The number of hydrogen-bond acceptors (Lipinski definition) is 3. The first-order valence-corrected chi connectivity index (χ1v) is 7.24. The molecule has 1 aliphatic heterocycles. The zero-order valence-electron chi connectivity index (χ0n) is 11.1. The fourth-order valence-electron chi connectivity index (χ4n) is 1.98. The molecule has 2 rings (SSSR count). The second-order valence-corrected chi connectivity index (χ2v) is 5.78. The van der Waals surface area contributed by atoms with Crippen LogP contribution in [0.25, 0.3) is 0 Å². The first-order valence-electron chi connectivity index (χ1n) is 6.43. The van der Waals surface area contributed by atoms with Crippen LogP contribution in [0.4, 0.5) is 0 Å². The number of nitrogens with zero attached hydrogens (tertiary/aromatic N) is 2. The molecule has 18 heavy (non-hydrogen) atoms. The quantitative estimate of drug-likeness (QED) is 0.671. The van der Waals surface area contributed by atoms with Gasteiger partial charge >= 0.3 is 0 Å². The molecule has 1 aromatic rings. The number of thiophene rings is 1. The summed E-state index contributed by atoms with van der Waals surface area (Å²) in [6.45, 7) is 7.32. The molecule has 1 unspecified atom stereocenters. The number of aliphatic imine (C=N–C) groups is 1. The molecule has 2 N–H and O–H groups in total. The molecule has 100 valence electrons. The fraction of sp³-hybridized carbons (Fsp3) is 0.615. The van der Waals surface area contributed by atoms with Gasteiger partial charge in [0.2, 0.25) is 0 Å². The molecule has 4 nitrogen and oxygen atoms in total. The van der Waals surface area contributed by atoms with Crippen molar-refractivity contribution in [2.75, 3.05) is 19.7 Å². The normalized spacial score (nSPS) is 21.3. The molecule has 2 heterocycles. The van der Waals surface area contributed by atoms with Gasteiger partial charge in [0.15, 0.2) is 5.96 Å². The topological polar surface area (TPSA) is 50.8 Å². The van der Waals surface area contributed by atoms with Crippen molar-refractivity contribution in [2.24, 2.45) is 10.7 Å². The van der Waals surface area contributed by atoms with Crippen LogP contribution in [-0.2, 0) is 17.7 Å². The van der Waals surface area contributed by atoms with Crippen molar-refractivity contribution in [3.63, 3.8) is 0 Å². The largest absolute Gasteiger partial charge is 0.375 e. The standard InChI is InChI=1S/C13H21N3OS/c1-3-11-4-5-12(18-11)8-15-13(14)16-6-7-17-10(2)9-16/h4-5,10H,3,6-9H2,1-2H3,(H2,14,15). The van der Waals surface area contributed by atoms with E-state index >= 15 is 0 Å². The summed E-state index contributed by atoms with van der Waals surface area (Å²) in [6, 6.07) is 4.31. The van der Waals surface area contributed by atoms with Gasteiger partial charge in [-0.05, 0) is 25.5 Å². The van der Waals surface area contributed by atoms with Gasteiger partial charge in [0.1, 0.15) is 0 Å². The molecule has 0 saturated carbocycles. The summed E-state index contributed by atoms with van der Waals surface area (Å²) < 4.78 is 5.49. The highest BCUT2D eigenvalue weighted by Crippen LogP contribution is 2.17. The highest BCUT2D eigenvalue weighted by molar-refractivity contribution is 7.11. The van der Waals surface area contributed by atoms with Gasteiger partial charge in [-0.15, -0.1) is 11.3 Å². The lowest BCUT2D eigenvalue weighted by Crippen LogP contribution is -2.47. The summed E-state index contributed by atoms with van der Waals surface area (Å²) in [7, 11) is 0. The maximum absolute atomic E-state index is 6.02. The molecule has 1 saturated heterocycles. The predicted molar refractivity (Wildman–Crippen MR) is 76.0 cm³/mol. The summed E-state index contributed by atoms with van der Waals surface area (Å²) in [4.78, 5) is 9.25. The van der Waals surface area contributed by atoms with Crippen LogP contribution in [0.3, 0.4) is 0 Å². The summed E-state index contributed by atoms with van der Waals surface area (Å²) >= 11 is 1.82. The number of morpholine rings is 1. The average molecular weight is 267 g/mol. The molecule has 1 aromatic heterocycles. The third kappa shape index (κ3) is 3.46. The number of ether oxygens (including phenoxy) is 1. The Balaban J connectivity index is 1.91. The van der Waals surface area contributed by atoms with Crippen molar-refractivity contribution in [3.05, 3.63) is 21.9 Å². The molecule has 1 atom stereocenters.